The summed E-state index contributed by atoms with van der Waals surface area (Å²) >= 11 is 0. The summed E-state index contributed by atoms with van der Waals surface area (Å²) in [4.78, 5) is 4.25. The summed E-state index contributed by atoms with van der Waals surface area (Å²) in [5, 5.41) is 13.6. The summed E-state index contributed by atoms with van der Waals surface area (Å²) in [6, 6.07) is 3.17. The fourth-order valence-electron chi connectivity index (χ4n) is 1.84. The van der Waals surface area contributed by atoms with Crippen molar-refractivity contribution in [2.45, 2.75) is 19.9 Å². The van der Waals surface area contributed by atoms with Crippen molar-refractivity contribution in [1.82, 2.24) is 10.1 Å². The van der Waals surface area contributed by atoms with E-state index in [-0.39, 0.29) is 5.75 Å². The lowest BCUT2D eigenvalue weighted by Gasteiger charge is -2.05. The topological polar surface area (TPSA) is 94.4 Å². The normalized spacial score (nSPS) is 12.6. The van der Waals surface area contributed by atoms with E-state index in [0.717, 1.165) is 16.7 Å². The number of hydrogen-bond donors (Lipinski definition) is 2. The first-order chi connectivity index (χ1) is 9.02. The summed E-state index contributed by atoms with van der Waals surface area (Å²) in [5.41, 5.74) is 8.14. The van der Waals surface area contributed by atoms with Crippen LogP contribution in [-0.2, 0) is 4.74 Å². The first-order valence-electron chi connectivity index (χ1n) is 5.91. The highest BCUT2D eigenvalue weighted by molar-refractivity contribution is 5.60. The van der Waals surface area contributed by atoms with Crippen molar-refractivity contribution in [3.05, 3.63) is 29.2 Å². The van der Waals surface area contributed by atoms with Crippen LogP contribution >= 0.6 is 0 Å². The first-order valence-corrected chi connectivity index (χ1v) is 5.91. The predicted molar refractivity (Wildman–Crippen MR) is 69.7 cm³/mol. The summed E-state index contributed by atoms with van der Waals surface area (Å²) in [6.07, 6.45) is 0. The molecule has 1 atom stereocenters. The van der Waals surface area contributed by atoms with Crippen LogP contribution in [0.4, 0.5) is 0 Å². The van der Waals surface area contributed by atoms with Crippen LogP contribution in [0.5, 0.6) is 5.75 Å². The number of nitrogens with two attached hydrogens (primary N) is 1. The highest BCUT2D eigenvalue weighted by atomic mass is 16.5. The number of nitrogens with zero attached hydrogens (tertiary/aromatic N) is 2. The third kappa shape index (κ3) is 2.74. The highest BCUT2D eigenvalue weighted by Gasteiger charge is 2.16. The molecule has 1 aromatic heterocycles. The number of aryl methyl sites for hydroxylation is 2. The minimum absolute atomic E-state index is 0.281. The number of aromatic hydroxyl groups is 1. The van der Waals surface area contributed by atoms with E-state index in [2.05, 4.69) is 10.1 Å². The number of rotatable bonds is 4. The molecule has 0 saturated carbocycles. The van der Waals surface area contributed by atoms with E-state index in [1.54, 1.807) is 19.2 Å². The lowest BCUT2D eigenvalue weighted by Crippen LogP contribution is -2.16. The van der Waals surface area contributed by atoms with Crippen molar-refractivity contribution in [2.24, 2.45) is 5.73 Å². The van der Waals surface area contributed by atoms with Gasteiger partial charge in [-0.25, -0.2) is 0 Å². The quantitative estimate of drug-likeness (QED) is 0.872. The standard InChI is InChI=1S/C13H17N3O3/c1-7-4-9(5-8(2)11(7)17)12-15-13(19-16-12)10(14)6-18-3/h4-5,10,17H,6,14H2,1-3H3. The molecule has 0 amide bonds. The zero-order valence-corrected chi connectivity index (χ0v) is 11.2. The molecular weight excluding hydrogens is 246 g/mol. The van der Waals surface area contributed by atoms with Crippen molar-refractivity contribution in [3.8, 4) is 17.1 Å². The highest BCUT2D eigenvalue weighted by Crippen LogP contribution is 2.28. The molecule has 0 spiro atoms. The molecule has 0 fully saturated rings. The minimum Gasteiger partial charge on any atom is -0.507 e. The van der Waals surface area contributed by atoms with Gasteiger partial charge in [-0.05, 0) is 37.1 Å². The van der Waals surface area contributed by atoms with E-state index in [1.807, 2.05) is 13.8 Å². The van der Waals surface area contributed by atoms with E-state index in [4.69, 9.17) is 15.0 Å². The molecule has 2 rings (SSSR count). The molecule has 0 aliphatic heterocycles. The van der Waals surface area contributed by atoms with Crippen LogP contribution in [-0.4, -0.2) is 29.0 Å². The maximum atomic E-state index is 9.74. The molecule has 2 aromatic rings. The maximum absolute atomic E-state index is 9.74. The van der Waals surface area contributed by atoms with Gasteiger partial charge in [0.1, 0.15) is 11.8 Å². The van der Waals surface area contributed by atoms with Crippen LogP contribution < -0.4 is 5.73 Å². The number of phenolic OH excluding ortho intramolecular Hbond substituents is 1. The average Bonchev–Trinajstić information content (AvgIpc) is 2.85. The molecule has 0 radical (unpaired) electrons. The number of phenols is 1. The Kier molecular flexibility index (Phi) is 3.82. The summed E-state index contributed by atoms with van der Waals surface area (Å²) < 4.78 is 10.1. The smallest absolute Gasteiger partial charge is 0.246 e. The van der Waals surface area contributed by atoms with Gasteiger partial charge in [0.15, 0.2) is 0 Å². The molecule has 19 heavy (non-hydrogen) atoms. The zero-order valence-electron chi connectivity index (χ0n) is 11.2. The van der Waals surface area contributed by atoms with Crippen molar-refractivity contribution >= 4 is 0 Å². The SMILES string of the molecule is COCC(N)c1nc(-c2cc(C)c(O)c(C)c2)no1. The number of ether oxygens (including phenoxy) is 1. The monoisotopic (exact) mass is 263 g/mol. The van der Waals surface area contributed by atoms with Crippen LogP contribution in [0, 0.1) is 13.8 Å². The molecule has 0 saturated heterocycles. The summed E-state index contributed by atoms with van der Waals surface area (Å²) in [7, 11) is 1.56. The second-order valence-corrected chi connectivity index (χ2v) is 4.48. The molecule has 3 N–H and O–H groups in total. The van der Waals surface area contributed by atoms with Gasteiger partial charge >= 0.3 is 0 Å². The predicted octanol–water partition coefficient (Wildman–Crippen LogP) is 1.71. The molecule has 1 aromatic carbocycles. The molecule has 0 bridgehead atoms. The third-order valence-corrected chi connectivity index (χ3v) is 2.85. The van der Waals surface area contributed by atoms with Crippen LogP contribution in [0.1, 0.15) is 23.1 Å². The van der Waals surface area contributed by atoms with E-state index in [1.165, 1.54) is 0 Å². The van der Waals surface area contributed by atoms with Gasteiger partial charge in [0, 0.05) is 12.7 Å². The van der Waals surface area contributed by atoms with E-state index >= 15 is 0 Å². The number of hydrogen-bond acceptors (Lipinski definition) is 6. The van der Waals surface area contributed by atoms with E-state index in [0.29, 0.717) is 18.3 Å². The van der Waals surface area contributed by atoms with Gasteiger partial charge < -0.3 is 20.1 Å². The van der Waals surface area contributed by atoms with Gasteiger partial charge in [0.2, 0.25) is 11.7 Å². The molecular formula is C13H17N3O3. The van der Waals surface area contributed by atoms with E-state index < -0.39 is 6.04 Å². The Morgan fingerprint density at radius 3 is 2.58 bits per heavy atom. The number of aromatic nitrogens is 2. The van der Waals surface area contributed by atoms with Crippen molar-refractivity contribution in [1.29, 1.82) is 0 Å². The van der Waals surface area contributed by atoms with Crippen LogP contribution in [0.3, 0.4) is 0 Å². The second kappa shape index (κ2) is 5.38. The van der Waals surface area contributed by atoms with Crippen molar-refractivity contribution in [3.63, 3.8) is 0 Å². The Bertz CT molecular complexity index is 557. The number of benzene rings is 1. The third-order valence-electron chi connectivity index (χ3n) is 2.85. The lowest BCUT2D eigenvalue weighted by molar-refractivity contribution is 0.166. The lowest BCUT2D eigenvalue weighted by atomic mass is 10.1. The van der Waals surface area contributed by atoms with Gasteiger partial charge in [-0.1, -0.05) is 5.16 Å². The Morgan fingerprint density at radius 2 is 2.00 bits per heavy atom. The molecule has 6 nitrogen and oxygen atoms in total. The largest absolute Gasteiger partial charge is 0.507 e. The molecule has 6 heteroatoms. The molecule has 1 heterocycles. The Morgan fingerprint density at radius 1 is 1.37 bits per heavy atom. The van der Waals surface area contributed by atoms with Crippen LogP contribution in [0.15, 0.2) is 16.7 Å². The van der Waals surface area contributed by atoms with E-state index in [9.17, 15) is 5.11 Å². The molecule has 102 valence electrons. The minimum atomic E-state index is -0.439. The Hall–Kier alpha value is -1.92. The zero-order chi connectivity index (χ0) is 14.0. The van der Waals surface area contributed by atoms with Gasteiger partial charge in [-0.15, -0.1) is 0 Å². The summed E-state index contributed by atoms with van der Waals surface area (Å²) in [5.74, 6) is 1.07. The molecule has 0 aliphatic carbocycles. The van der Waals surface area contributed by atoms with Crippen molar-refractivity contribution in [2.75, 3.05) is 13.7 Å². The average molecular weight is 263 g/mol. The van der Waals surface area contributed by atoms with Crippen LogP contribution in [0.2, 0.25) is 0 Å². The van der Waals surface area contributed by atoms with Gasteiger partial charge in [-0.2, -0.15) is 4.98 Å². The van der Waals surface area contributed by atoms with Gasteiger partial charge in [0.25, 0.3) is 0 Å². The fourth-order valence-corrected chi connectivity index (χ4v) is 1.84. The molecule has 1 unspecified atom stereocenters. The van der Waals surface area contributed by atoms with Gasteiger partial charge in [0.05, 0.1) is 6.61 Å². The first kappa shape index (κ1) is 13.5. The second-order valence-electron chi connectivity index (χ2n) is 4.48. The van der Waals surface area contributed by atoms with Gasteiger partial charge in [-0.3, -0.25) is 0 Å². The Balaban J connectivity index is 2.33. The molecule has 0 aliphatic rings. The summed E-state index contributed by atoms with van der Waals surface area (Å²) in [6.45, 7) is 3.96. The van der Waals surface area contributed by atoms with Crippen LogP contribution in [0.25, 0.3) is 11.4 Å². The Labute approximate surface area is 111 Å². The van der Waals surface area contributed by atoms with Crippen molar-refractivity contribution < 1.29 is 14.4 Å². The number of methoxy groups -OCH3 is 1. The fraction of sp³-hybridized carbons (Fsp3) is 0.385. The maximum Gasteiger partial charge on any atom is 0.246 e.